The van der Waals surface area contributed by atoms with E-state index in [2.05, 4.69) is 16.0 Å². The van der Waals surface area contributed by atoms with Crippen molar-refractivity contribution in [1.29, 1.82) is 0 Å². The van der Waals surface area contributed by atoms with Crippen LogP contribution in [0.15, 0.2) is 79.1 Å². The first-order valence-electron chi connectivity index (χ1n) is 9.15. The number of esters is 1. The summed E-state index contributed by atoms with van der Waals surface area (Å²) in [6.07, 6.45) is 6.17. The van der Waals surface area contributed by atoms with Crippen molar-refractivity contribution >= 4 is 23.9 Å². The largest absolute Gasteiger partial charge is 0.452 e. The molecule has 0 radical (unpaired) electrons. The summed E-state index contributed by atoms with van der Waals surface area (Å²) in [5.74, 6) is -1.81. The third-order valence-corrected chi connectivity index (χ3v) is 3.95. The van der Waals surface area contributed by atoms with Gasteiger partial charge >= 0.3 is 5.97 Å². The smallest absolute Gasteiger partial charge is 0.331 e. The van der Waals surface area contributed by atoms with E-state index in [1.54, 1.807) is 53.5 Å². The Labute approximate surface area is 173 Å². The van der Waals surface area contributed by atoms with Crippen LogP contribution in [0.2, 0.25) is 0 Å². The molecule has 3 rings (SSSR count). The van der Waals surface area contributed by atoms with Crippen LogP contribution < -0.4 is 10.9 Å². The normalized spacial score (nSPS) is 10.5. The Morgan fingerprint density at radius 3 is 2.40 bits per heavy atom. The third kappa shape index (κ3) is 6.45. The van der Waals surface area contributed by atoms with Crippen molar-refractivity contribution in [3.05, 3.63) is 95.8 Å². The second-order valence-electron chi connectivity index (χ2n) is 6.27. The number of nitrogens with one attached hydrogen (secondary N) is 2. The SMILES string of the molecule is O=C(COC(=O)/C=C/c1cnn(Cc2ccccc2)c1)NNC(=O)c1ccccc1. The number of ether oxygens (including phenoxy) is 1. The fourth-order valence-corrected chi connectivity index (χ4v) is 2.50. The van der Waals surface area contributed by atoms with Gasteiger partial charge < -0.3 is 4.74 Å². The number of hydrazine groups is 1. The fraction of sp³-hybridized carbons (Fsp3) is 0.0909. The molecule has 0 aliphatic carbocycles. The van der Waals surface area contributed by atoms with Gasteiger partial charge in [0.2, 0.25) is 0 Å². The summed E-state index contributed by atoms with van der Waals surface area (Å²) >= 11 is 0. The number of carbonyl (C=O) groups is 3. The minimum absolute atomic E-state index is 0.394. The molecule has 0 aliphatic rings. The van der Waals surface area contributed by atoms with Crippen LogP contribution in [0.1, 0.15) is 21.5 Å². The summed E-state index contributed by atoms with van der Waals surface area (Å²) in [6, 6.07) is 18.3. The number of hydrogen-bond acceptors (Lipinski definition) is 5. The number of nitrogens with zero attached hydrogens (tertiary/aromatic N) is 2. The van der Waals surface area contributed by atoms with Gasteiger partial charge in [0.1, 0.15) is 0 Å². The Kier molecular flexibility index (Phi) is 7.10. The molecule has 1 heterocycles. The summed E-state index contributed by atoms with van der Waals surface area (Å²) in [4.78, 5) is 35.3. The molecule has 8 heteroatoms. The van der Waals surface area contributed by atoms with Gasteiger partial charge in [-0.15, -0.1) is 0 Å². The van der Waals surface area contributed by atoms with Crippen LogP contribution in [0.4, 0.5) is 0 Å². The van der Waals surface area contributed by atoms with E-state index in [0.717, 1.165) is 11.1 Å². The highest BCUT2D eigenvalue weighted by molar-refractivity contribution is 5.95. The Balaban J connectivity index is 1.39. The number of amides is 2. The Morgan fingerprint density at radius 2 is 1.67 bits per heavy atom. The first-order chi connectivity index (χ1) is 14.6. The summed E-state index contributed by atoms with van der Waals surface area (Å²) in [5.41, 5.74) is 6.66. The summed E-state index contributed by atoms with van der Waals surface area (Å²) in [6.45, 7) is 0.0967. The van der Waals surface area contributed by atoms with Crippen LogP contribution in [0.25, 0.3) is 6.08 Å². The molecule has 0 atom stereocenters. The van der Waals surface area contributed by atoms with Gasteiger partial charge in [0.05, 0.1) is 12.7 Å². The second-order valence-corrected chi connectivity index (χ2v) is 6.27. The van der Waals surface area contributed by atoms with E-state index in [0.29, 0.717) is 12.1 Å². The van der Waals surface area contributed by atoms with E-state index in [4.69, 9.17) is 4.74 Å². The standard InChI is InChI=1S/C22H20N4O4/c27-20(24-25-22(29)19-9-5-2-6-10-19)16-30-21(28)12-11-18-13-23-26(15-18)14-17-7-3-1-4-8-17/h1-13,15H,14,16H2,(H,24,27)(H,25,29)/b12-11+. The Morgan fingerprint density at radius 1 is 0.967 bits per heavy atom. The van der Waals surface area contributed by atoms with Crippen LogP contribution >= 0.6 is 0 Å². The highest BCUT2D eigenvalue weighted by Crippen LogP contribution is 2.05. The molecule has 2 amide bonds. The van der Waals surface area contributed by atoms with Crippen molar-refractivity contribution in [3.63, 3.8) is 0 Å². The number of benzene rings is 2. The van der Waals surface area contributed by atoms with Crippen LogP contribution in [-0.2, 0) is 20.9 Å². The zero-order valence-electron chi connectivity index (χ0n) is 16.0. The minimum Gasteiger partial charge on any atom is -0.452 e. The van der Waals surface area contributed by atoms with E-state index in [9.17, 15) is 14.4 Å². The molecular weight excluding hydrogens is 384 g/mol. The molecule has 0 unspecified atom stereocenters. The molecule has 152 valence electrons. The maximum absolute atomic E-state index is 11.8. The van der Waals surface area contributed by atoms with Gasteiger partial charge in [0.25, 0.3) is 11.8 Å². The summed E-state index contributed by atoms with van der Waals surface area (Å²) in [5, 5.41) is 4.24. The maximum Gasteiger partial charge on any atom is 0.331 e. The first kappa shape index (κ1) is 20.5. The zero-order valence-corrected chi connectivity index (χ0v) is 16.0. The molecule has 0 saturated heterocycles. The van der Waals surface area contributed by atoms with Crippen LogP contribution in [-0.4, -0.2) is 34.2 Å². The van der Waals surface area contributed by atoms with E-state index in [1.807, 2.05) is 30.3 Å². The van der Waals surface area contributed by atoms with E-state index < -0.39 is 24.4 Å². The predicted octanol–water partition coefficient (Wildman–Crippen LogP) is 1.95. The fourth-order valence-electron chi connectivity index (χ4n) is 2.50. The van der Waals surface area contributed by atoms with Crippen molar-refractivity contribution in [2.75, 3.05) is 6.61 Å². The number of rotatable bonds is 7. The van der Waals surface area contributed by atoms with Crippen molar-refractivity contribution < 1.29 is 19.1 Å². The third-order valence-electron chi connectivity index (χ3n) is 3.95. The van der Waals surface area contributed by atoms with Crippen molar-refractivity contribution in [2.45, 2.75) is 6.54 Å². The monoisotopic (exact) mass is 404 g/mol. The van der Waals surface area contributed by atoms with Gasteiger partial charge in [-0.1, -0.05) is 48.5 Å². The van der Waals surface area contributed by atoms with Gasteiger partial charge in [-0.25, -0.2) is 4.79 Å². The van der Waals surface area contributed by atoms with E-state index >= 15 is 0 Å². The van der Waals surface area contributed by atoms with Gasteiger partial charge in [0.15, 0.2) is 6.61 Å². The highest BCUT2D eigenvalue weighted by atomic mass is 16.5. The van der Waals surface area contributed by atoms with E-state index in [-0.39, 0.29) is 0 Å². The molecule has 0 spiro atoms. The molecule has 0 saturated carbocycles. The lowest BCUT2D eigenvalue weighted by Crippen LogP contribution is -2.43. The Hall–Kier alpha value is -4.20. The van der Waals surface area contributed by atoms with Crippen molar-refractivity contribution in [1.82, 2.24) is 20.6 Å². The first-order valence-corrected chi connectivity index (χ1v) is 9.15. The molecular formula is C22H20N4O4. The van der Waals surface area contributed by atoms with Gasteiger partial charge in [0, 0.05) is 23.4 Å². The lowest BCUT2D eigenvalue weighted by molar-refractivity contribution is -0.144. The van der Waals surface area contributed by atoms with Crippen molar-refractivity contribution in [2.24, 2.45) is 0 Å². The molecule has 8 nitrogen and oxygen atoms in total. The molecule has 0 fully saturated rings. The lowest BCUT2D eigenvalue weighted by Gasteiger charge is -2.07. The quantitative estimate of drug-likeness (QED) is 0.356. The number of aromatic nitrogens is 2. The minimum atomic E-state index is -0.685. The molecule has 30 heavy (non-hydrogen) atoms. The average Bonchev–Trinajstić information content (AvgIpc) is 3.23. The maximum atomic E-state index is 11.8. The van der Waals surface area contributed by atoms with Gasteiger partial charge in [-0.2, -0.15) is 5.10 Å². The number of carbonyl (C=O) groups excluding carboxylic acids is 3. The van der Waals surface area contributed by atoms with Crippen LogP contribution in [0.3, 0.4) is 0 Å². The molecule has 3 aromatic rings. The highest BCUT2D eigenvalue weighted by Gasteiger charge is 2.08. The summed E-state index contributed by atoms with van der Waals surface area (Å²) in [7, 11) is 0. The summed E-state index contributed by atoms with van der Waals surface area (Å²) < 4.78 is 6.60. The lowest BCUT2D eigenvalue weighted by atomic mass is 10.2. The Bertz CT molecular complexity index is 1030. The van der Waals surface area contributed by atoms with Gasteiger partial charge in [-0.05, 0) is 23.8 Å². The number of hydrogen-bond donors (Lipinski definition) is 2. The zero-order chi connectivity index (χ0) is 21.2. The van der Waals surface area contributed by atoms with Gasteiger partial charge in [-0.3, -0.25) is 25.1 Å². The molecule has 2 N–H and O–H groups in total. The molecule has 0 aliphatic heterocycles. The topological polar surface area (TPSA) is 102 Å². The predicted molar refractivity (Wildman–Crippen MR) is 110 cm³/mol. The molecule has 0 bridgehead atoms. The average molecular weight is 404 g/mol. The van der Waals surface area contributed by atoms with Crippen molar-refractivity contribution in [3.8, 4) is 0 Å². The van der Waals surface area contributed by atoms with Crippen LogP contribution in [0.5, 0.6) is 0 Å². The second kappa shape index (κ2) is 10.4. The molecule has 1 aromatic heterocycles. The van der Waals surface area contributed by atoms with E-state index in [1.165, 1.54) is 6.08 Å². The molecule has 2 aromatic carbocycles. The van der Waals surface area contributed by atoms with Crippen LogP contribution in [0, 0.1) is 0 Å².